The summed E-state index contributed by atoms with van der Waals surface area (Å²) in [6.07, 6.45) is 0.797. The largest absolute Gasteiger partial charge is 0.496 e. The fourth-order valence-corrected chi connectivity index (χ4v) is 1.98. The van der Waals surface area contributed by atoms with Crippen molar-refractivity contribution in [2.24, 2.45) is 0 Å². The molecule has 0 unspecified atom stereocenters. The van der Waals surface area contributed by atoms with Crippen LogP contribution in [-0.4, -0.2) is 17.1 Å². The molecule has 1 aromatic heterocycles. The molecule has 2 aromatic rings. The van der Waals surface area contributed by atoms with Crippen LogP contribution < -0.4 is 4.74 Å². The molecule has 94 valence electrons. The standard InChI is InChI=1S/C13H12Cl2N2O/c1-3-9-7-12(15)17-13(16-9)10-5-4-8(14)6-11(10)18-2/h4-7H,3H2,1-2H3. The number of nitrogens with zero attached hydrogens (tertiary/aromatic N) is 2. The number of rotatable bonds is 3. The normalized spacial score (nSPS) is 10.4. The van der Waals surface area contributed by atoms with Gasteiger partial charge in [0.05, 0.1) is 12.7 Å². The molecule has 0 N–H and O–H groups in total. The van der Waals surface area contributed by atoms with Gasteiger partial charge in [-0.2, -0.15) is 0 Å². The predicted octanol–water partition coefficient (Wildman–Crippen LogP) is 4.02. The smallest absolute Gasteiger partial charge is 0.164 e. The highest BCUT2D eigenvalue weighted by Crippen LogP contribution is 2.31. The van der Waals surface area contributed by atoms with Crippen LogP contribution in [0.2, 0.25) is 10.2 Å². The average molecular weight is 283 g/mol. The van der Waals surface area contributed by atoms with Gasteiger partial charge in [0.2, 0.25) is 0 Å². The molecule has 0 saturated heterocycles. The van der Waals surface area contributed by atoms with Crippen LogP contribution in [-0.2, 0) is 6.42 Å². The van der Waals surface area contributed by atoms with Gasteiger partial charge in [0.15, 0.2) is 5.82 Å². The van der Waals surface area contributed by atoms with E-state index in [4.69, 9.17) is 27.9 Å². The Hall–Kier alpha value is -1.32. The van der Waals surface area contributed by atoms with Gasteiger partial charge < -0.3 is 4.74 Å². The summed E-state index contributed by atoms with van der Waals surface area (Å²) in [7, 11) is 1.58. The lowest BCUT2D eigenvalue weighted by Gasteiger charge is -2.09. The summed E-state index contributed by atoms with van der Waals surface area (Å²) in [5.74, 6) is 1.18. The summed E-state index contributed by atoms with van der Waals surface area (Å²) < 4.78 is 5.29. The zero-order chi connectivity index (χ0) is 13.1. The second-order valence-corrected chi connectivity index (χ2v) is 4.53. The SMILES string of the molecule is CCc1cc(Cl)nc(-c2ccc(Cl)cc2OC)n1. The van der Waals surface area contributed by atoms with Gasteiger partial charge in [-0.1, -0.05) is 30.1 Å². The van der Waals surface area contributed by atoms with Crippen LogP contribution in [0.25, 0.3) is 11.4 Å². The van der Waals surface area contributed by atoms with Gasteiger partial charge >= 0.3 is 0 Å². The van der Waals surface area contributed by atoms with E-state index in [9.17, 15) is 0 Å². The molecule has 2 rings (SSSR count). The lowest BCUT2D eigenvalue weighted by atomic mass is 10.2. The van der Waals surface area contributed by atoms with Crippen LogP contribution in [0.5, 0.6) is 5.75 Å². The number of benzene rings is 1. The molecule has 0 aliphatic heterocycles. The Morgan fingerprint density at radius 3 is 2.61 bits per heavy atom. The summed E-state index contributed by atoms with van der Waals surface area (Å²) >= 11 is 11.9. The highest BCUT2D eigenvalue weighted by Gasteiger charge is 2.11. The molecule has 1 heterocycles. The van der Waals surface area contributed by atoms with Crippen LogP contribution in [0, 0.1) is 0 Å². The van der Waals surface area contributed by atoms with Gasteiger partial charge in [-0.05, 0) is 30.7 Å². The molecule has 18 heavy (non-hydrogen) atoms. The molecule has 0 fully saturated rings. The zero-order valence-electron chi connectivity index (χ0n) is 10.1. The molecular formula is C13H12Cl2N2O. The monoisotopic (exact) mass is 282 g/mol. The zero-order valence-corrected chi connectivity index (χ0v) is 11.6. The summed E-state index contributed by atoms with van der Waals surface area (Å²) in [6.45, 7) is 2.02. The maximum atomic E-state index is 5.99. The Balaban J connectivity index is 2.57. The summed E-state index contributed by atoms with van der Waals surface area (Å²) in [6, 6.07) is 7.09. The van der Waals surface area contributed by atoms with Crippen molar-refractivity contribution in [3.63, 3.8) is 0 Å². The number of aryl methyl sites for hydroxylation is 1. The first-order chi connectivity index (χ1) is 8.63. The Morgan fingerprint density at radius 2 is 1.94 bits per heavy atom. The number of aromatic nitrogens is 2. The number of hydrogen-bond acceptors (Lipinski definition) is 3. The highest BCUT2D eigenvalue weighted by atomic mass is 35.5. The number of ether oxygens (including phenoxy) is 1. The van der Waals surface area contributed by atoms with E-state index >= 15 is 0 Å². The minimum absolute atomic E-state index is 0.425. The van der Waals surface area contributed by atoms with Crippen molar-refractivity contribution in [3.8, 4) is 17.1 Å². The van der Waals surface area contributed by atoms with E-state index in [1.807, 2.05) is 13.0 Å². The van der Waals surface area contributed by atoms with Crippen molar-refractivity contribution in [1.82, 2.24) is 9.97 Å². The number of halogens is 2. The van der Waals surface area contributed by atoms with Gasteiger partial charge in [0.25, 0.3) is 0 Å². The molecule has 0 bridgehead atoms. The second-order valence-electron chi connectivity index (χ2n) is 3.70. The van der Waals surface area contributed by atoms with Gasteiger partial charge in [0, 0.05) is 10.7 Å². The average Bonchev–Trinajstić information content (AvgIpc) is 2.37. The van der Waals surface area contributed by atoms with Gasteiger partial charge in [-0.15, -0.1) is 0 Å². The van der Waals surface area contributed by atoms with E-state index in [0.717, 1.165) is 17.7 Å². The van der Waals surface area contributed by atoms with Crippen LogP contribution in [0.4, 0.5) is 0 Å². The maximum Gasteiger partial charge on any atom is 0.164 e. The number of methoxy groups -OCH3 is 1. The van der Waals surface area contributed by atoms with Gasteiger partial charge in [-0.3, -0.25) is 0 Å². The van der Waals surface area contributed by atoms with E-state index in [1.54, 1.807) is 25.3 Å². The van der Waals surface area contributed by atoms with Crippen LogP contribution in [0.1, 0.15) is 12.6 Å². The highest BCUT2D eigenvalue weighted by molar-refractivity contribution is 6.31. The third-order valence-electron chi connectivity index (χ3n) is 2.51. The molecule has 0 aliphatic rings. The predicted molar refractivity (Wildman–Crippen MR) is 73.4 cm³/mol. The third kappa shape index (κ3) is 2.74. The topological polar surface area (TPSA) is 35.0 Å². The van der Waals surface area contributed by atoms with E-state index in [2.05, 4.69) is 9.97 Å². The van der Waals surface area contributed by atoms with Crippen LogP contribution >= 0.6 is 23.2 Å². The van der Waals surface area contributed by atoms with Crippen molar-refractivity contribution in [3.05, 3.63) is 40.1 Å². The van der Waals surface area contributed by atoms with E-state index in [0.29, 0.717) is 21.7 Å². The lowest BCUT2D eigenvalue weighted by molar-refractivity contribution is 0.416. The molecular weight excluding hydrogens is 271 g/mol. The first-order valence-electron chi connectivity index (χ1n) is 5.51. The molecule has 1 aromatic carbocycles. The fraction of sp³-hybridized carbons (Fsp3) is 0.231. The fourth-order valence-electron chi connectivity index (χ4n) is 1.62. The Labute approximate surface area is 116 Å². The van der Waals surface area contributed by atoms with Gasteiger partial charge in [-0.25, -0.2) is 9.97 Å². The number of hydrogen-bond donors (Lipinski definition) is 0. The minimum Gasteiger partial charge on any atom is -0.496 e. The van der Waals surface area contributed by atoms with Gasteiger partial charge in [0.1, 0.15) is 10.9 Å². The minimum atomic E-state index is 0.425. The van der Waals surface area contributed by atoms with E-state index < -0.39 is 0 Å². The molecule has 3 nitrogen and oxygen atoms in total. The Kier molecular flexibility index (Phi) is 4.04. The molecule has 0 radical (unpaired) electrons. The van der Waals surface area contributed by atoms with Crippen LogP contribution in [0.15, 0.2) is 24.3 Å². The first-order valence-corrected chi connectivity index (χ1v) is 6.27. The summed E-state index contributed by atoms with van der Waals surface area (Å²) in [4.78, 5) is 8.66. The molecule has 0 spiro atoms. The van der Waals surface area contributed by atoms with Crippen molar-refractivity contribution in [2.45, 2.75) is 13.3 Å². The summed E-state index contributed by atoms with van der Waals surface area (Å²) in [5.41, 5.74) is 1.67. The van der Waals surface area contributed by atoms with Crippen molar-refractivity contribution in [1.29, 1.82) is 0 Å². The first kappa shape index (κ1) is 13.1. The Morgan fingerprint density at radius 1 is 1.17 bits per heavy atom. The van der Waals surface area contributed by atoms with E-state index in [1.165, 1.54) is 0 Å². The van der Waals surface area contributed by atoms with Crippen LogP contribution in [0.3, 0.4) is 0 Å². The van der Waals surface area contributed by atoms with Crippen molar-refractivity contribution in [2.75, 3.05) is 7.11 Å². The Bertz CT molecular complexity index is 573. The maximum absolute atomic E-state index is 5.99. The van der Waals surface area contributed by atoms with Crippen molar-refractivity contribution >= 4 is 23.2 Å². The molecule has 0 saturated carbocycles. The van der Waals surface area contributed by atoms with E-state index in [-0.39, 0.29) is 0 Å². The quantitative estimate of drug-likeness (QED) is 0.798. The molecule has 0 atom stereocenters. The third-order valence-corrected chi connectivity index (χ3v) is 2.94. The molecule has 0 amide bonds. The summed E-state index contributed by atoms with van der Waals surface area (Å²) in [5, 5.41) is 1.03. The molecule has 5 heteroatoms. The van der Waals surface area contributed by atoms with Crippen molar-refractivity contribution < 1.29 is 4.74 Å². The lowest BCUT2D eigenvalue weighted by Crippen LogP contribution is -1.97. The second kappa shape index (κ2) is 5.55. The molecule has 0 aliphatic carbocycles.